The average Bonchev–Trinajstić information content (AvgIpc) is 2.22. The molecule has 0 bridgehead atoms. The molecular weight excluding hydrogens is 291 g/mol. The van der Waals surface area contributed by atoms with Crippen molar-refractivity contribution in [3.63, 3.8) is 0 Å². The van der Waals surface area contributed by atoms with E-state index in [0.717, 1.165) is 0 Å². The van der Waals surface area contributed by atoms with Crippen LogP contribution < -0.4 is 10.6 Å². The largest absolute Gasteiger partial charge is 0.383 e. The van der Waals surface area contributed by atoms with Gasteiger partial charge in [0, 0.05) is 11.6 Å². The minimum Gasteiger partial charge on any atom is -0.383 e. The predicted molar refractivity (Wildman–Crippen MR) is 67.6 cm³/mol. The molecule has 0 aliphatic carbocycles. The van der Waals surface area contributed by atoms with Gasteiger partial charge >= 0.3 is 6.03 Å². The highest BCUT2D eigenvalue weighted by Crippen LogP contribution is 2.19. The van der Waals surface area contributed by atoms with Crippen LogP contribution in [0.3, 0.4) is 0 Å². The molecule has 2 amide bonds. The minimum atomic E-state index is -0.492. The maximum absolute atomic E-state index is 13.4. The van der Waals surface area contributed by atoms with Gasteiger partial charge in [-0.1, -0.05) is 15.9 Å². The summed E-state index contributed by atoms with van der Waals surface area (Å²) in [6.45, 7) is 2.19. The van der Waals surface area contributed by atoms with Gasteiger partial charge in [-0.2, -0.15) is 0 Å². The van der Waals surface area contributed by atoms with E-state index in [9.17, 15) is 9.18 Å². The number of ether oxygens (including phenoxy) is 1. The molecule has 0 saturated carbocycles. The summed E-state index contributed by atoms with van der Waals surface area (Å²) in [6.07, 6.45) is 0. The normalized spacial score (nSPS) is 12.0. The van der Waals surface area contributed by atoms with Crippen LogP contribution in [-0.4, -0.2) is 25.8 Å². The monoisotopic (exact) mass is 304 g/mol. The summed E-state index contributed by atoms with van der Waals surface area (Å²) in [5.74, 6) is -0.492. The molecule has 6 heteroatoms. The SMILES string of the molecule is COC[C@@H](C)NC(=O)Nc1ccc(Br)cc1F. The lowest BCUT2D eigenvalue weighted by Gasteiger charge is -2.13. The zero-order valence-corrected chi connectivity index (χ0v) is 11.2. The first kappa shape index (κ1) is 13.9. The van der Waals surface area contributed by atoms with Crippen LogP contribution in [0.2, 0.25) is 0 Å². The molecule has 94 valence electrons. The van der Waals surface area contributed by atoms with Gasteiger partial charge in [0.05, 0.1) is 18.3 Å². The first-order valence-electron chi connectivity index (χ1n) is 5.04. The van der Waals surface area contributed by atoms with Crippen LogP contribution in [-0.2, 0) is 4.74 Å². The number of benzene rings is 1. The molecule has 1 aromatic carbocycles. The van der Waals surface area contributed by atoms with Gasteiger partial charge in [-0.15, -0.1) is 0 Å². The maximum Gasteiger partial charge on any atom is 0.319 e. The number of methoxy groups -OCH3 is 1. The first-order valence-corrected chi connectivity index (χ1v) is 5.83. The zero-order valence-electron chi connectivity index (χ0n) is 9.59. The average molecular weight is 305 g/mol. The standard InChI is InChI=1S/C11H14BrFN2O2/c1-7(6-17-2)14-11(16)15-10-4-3-8(12)5-9(10)13/h3-5,7H,6H2,1-2H3,(H2,14,15,16)/t7-/m1/s1. The summed E-state index contributed by atoms with van der Waals surface area (Å²) in [5.41, 5.74) is 0.135. The molecule has 0 heterocycles. The molecule has 0 spiro atoms. The quantitative estimate of drug-likeness (QED) is 0.898. The lowest BCUT2D eigenvalue weighted by Crippen LogP contribution is -2.38. The molecule has 0 aliphatic heterocycles. The fourth-order valence-corrected chi connectivity index (χ4v) is 1.60. The fourth-order valence-electron chi connectivity index (χ4n) is 1.26. The molecule has 0 fully saturated rings. The van der Waals surface area contributed by atoms with Crippen molar-refractivity contribution in [3.05, 3.63) is 28.5 Å². The molecule has 0 unspecified atom stereocenters. The highest BCUT2D eigenvalue weighted by molar-refractivity contribution is 9.10. The highest BCUT2D eigenvalue weighted by Gasteiger charge is 2.09. The van der Waals surface area contributed by atoms with Crippen molar-refractivity contribution >= 4 is 27.6 Å². The van der Waals surface area contributed by atoms with Crippen molar-refractivity contribution in [1.82, 2.24) is 5.32 Å². The van der Waals surface area contributed by atoms with Gasteiger partial charge in [0.1, 0.15) is 5.82 Å². The van der Waals surface area contributed by atoms with Gasteiger partial charge in [0.2, 0.25) is 0 Å². The van der Waals surface area contributed by atoms with Crippen LogP contribution in [0.15, 0.2) is 22.7 Å². The zero-order chi connectivity index (χ0) is 12.8. The molecule has 0 aliphatic rings. The Kier molecular flexibility index (Phi) is 5.37. The molecule has 1 rings (SSSR count). The highest BCUT2D eigenvalue weighted by atomic mass is 79.9. The summed E-state index contributed by atoms with van der Waals surface area (Å²) < 4.78 is 18.9. The first-order chi connectivity index (χ1) is 8.02. The summed E-state index contributed by atoms with van der Waals surface area (Å²) in [7, 11) is 1.55. The van der Waals surface area contributed by atoms with E-state index in [-0.39, 0.29) is 11.7 Å². The summed E-state index contributed by atoms with van der Waals surface area (Å²) in [6, 6.07) is 3.82. The molecule has 0 radical (unpaired) electrons. The van der Waals surface area contributed by atoms with Gasteiger partial charge in [-0.3, -0.25) is 0 Å². The van der Waals surface area contributed by atoms with E-state index in [2.05, 4.69) is 26.6 Å². The molecule has 1 atom stereocenters. The van der Waals surface area contributed by atoms with Crippen LogP contribution in [0.1, 0.15) is 6.92 Å². The van der Waals surface area contributed by atoms with Gasteiger partial charge in [0.25, 0.3) is 0 Å². The molecular formula is C11H14BrFN2O2. The van der Waals surface area contributed by atoms with Crippen molar-refractivity contribution in [2.45, 2.75) is 13.0 Å². The van der Waals surface area contributed by atoms with Gasteiger partial charge in [-0.25, -0.2) is 9.18 Å². The van der Waals surface area contributed by atoms with Crippen LogP contribution in [0.25, 0.3) is 0 Å². The van der Waals surface area contributed by atoms with E-state index >= 15 is 0 Å². The van der Waals surface area contributed by atoms with Gasteiger partial charge in [-0.05, 0) is 25.1 Å². The minimum absolute atomic E-state index is 0.135. The number of urea groups is 1. The lowest BCUT2D eigenvalue weighted by atomic mass is 10.3. The maximum atomic E-state index is 13.4. The predicted octanol–water partition coefficient (Wildman–Crippen LogP) is 2.74. The summed E-state index contributed by atoms with van der Waals surface area (Å²) in [5, 5.41) is 5.04. The third-order valence-corrected chi connectivity index (χ3v) is 2.47. The Morgan fingerprint density at radius 1 is 1.59 bits per heavy atom. The number of amides is 2. The molecule has 17 heavy (non-hydrogen) atoms. The second-order valence-electron chi connectivity index (χ2n) is 3.58. The molecule has 2 N–H and O–H groups in total. The molecule has 1 aromatic rings. The number of nitrogens with one attached hydrogen (secondary N) is 2. The number of hydrogen-bond acceptors (Lipinski definition) is 2. The van der Waals surface area contributed by atoms with Crippen molar-refractivity contribution in [2.75, 3.05) is 19.0 Å². The smallest absolute Gasteiger partial charge is 0.319 e. The van der Waals surface area contributed by atoms with Crippen LogP contribution in [0, 0.1) is 5.82 Å². The number of halogens is 2. The number of carbonyl (C=O) groups excluding carboxylic acids is 1. The van der Waals surface area contributed by atoms with E-state index < -0.39 is 11.8 Å². The van der Waals surface area contributed by atoms with Gasteiger partial charge in [0.15, 0.2) is 0 Å². The van der Waals surface area contributed by atoms with Crippen LogP contribution in [0.4, 0.5) is 14.9 Å². The van der Waals surface area contributed by atoms with Crippen LogP contribution in [0.5, 0.6) is 0 Å². The van der Waals surface area contributed by atoms with Crippen molar-refractivity contribution in [1.29, 1.82) is 0 Å². The van der Waals surface area contributed by atoms with Crippen molar-refractivity contribution in [3.8, 4) is 0 Å². The number of rotatable bonds is 4. The third kappa shape index (κ3) is 4.70. The van der Waals surface area contributed by atoms with E-state index in [1.165, 1.54) is 12.1 Å². The Labute approximate surface area is 108 Å². The molecule has 0 aromatic heterocycles. The number of hydrogen-bond donors (Lipinski definition) is 2. The Bertz CT molecular complexity index is 401. The lowest BCUT2D eigenvalue weighted by molar-refractivity contribution is 0.173. The number of carbonyl (C=O) groups is 1. The Balaban J connectivity index is 2.56. The van der Waals surface area contributed by atoms with Crippen molar-refractivity contribution < 1.29 is 13.9 Å². The van der Waals surface area contributed by atoms with E-state index in [0.29, 0.717) is 11.1 Å². The summed E-state index contributed by atoms with van der Waals surface area (Å²) in [4.78, 5) is 11.5. The van der Waals surface area contributed by atoms with E-state index in [4.69, 9.17) is 4.74 Å². The van der Waals surface area contributed by atoms with Crippen molar-refractivity contribution in [2.24, 2.45) is 0 Å². The van der Waals surface area contributed by atoms with E-state index in [1.54, 1.807) is 20.1 Å². The van der Waals surface area contributed by atoms with Gasteiger partial charge < -0.3 is 15.4 Å². The summed E-state index contributed by atoms with van der Waals surface area (Å²) >= 11 is 3.14. The second kappa shape index (κ2) is 6.56. The molecule has 0 saturated heterocycles. The number of anilines is 1. The second-order valence-corrected chi connectivity index (χ2v) is 4.49. The Morgan fingerprint density at radius 2 is 2.29 bits per heavy atom. The Hall–Kier alpha value is -1.14. The molecule has 4 nitrogen and oxygen atoms in total. The van der Waals surface area contributed by atoms with E-state index in [1.807, 2.05) is 0 Å². The third-order valence-electron chi connectivity index (χ3n) is 1.97. The van der Waals surface area contributed by atoms with Crippen LogP contribution >= 0.6 is 15.9 Å². The fraction of sp³-hybridized carbons (Fsp3) is 0.364. The topological polar surface area (TPSA) is 50.4 Å². The Morgan fingerprint density at radius 3 is 2.88 bits per heavy atom.